The van der Waals surface area contributed by atoms with Crippen LogP contribution < -0.4 is 10.1 Å². The highest BCUT2D eigenvalue weighted by atomic mass is 35.5. The summed E-state index contributed by atoms with van der Waals surface area (Å²) in [6, 6.07) is 7.48. The second-order valence-corrected chi connectivity index (χ2v) is 8.56. The third kappa shape index (κ3) is 2.72. The zero-order valence-electron chi connectivity index (χ0n) is 13.1. The molecule has 4 rings (SSSR count). The summed E-state index contributed by atoms with van der Waals surface area (Å²) >= 11 is 12.7. The van der Waals surface area contributed by atoms with Crippen LogP contribution in [0.25, 0.3) is 0 Å². The van der Waals surface area contributed by atoms with Gasteiger partial charge in [-0.1, -0.05) is 0 Å². The average molecular weight is 354 g/mol. The van der Waals surface area contributed by atoms with Gasteiger partial charge in [0.05, 0.1) is 7.11 Å². The number of fused-ring (bicyclic) bond motifs is 2. The van der Waals surface area contributed by atoms with E-state index in [1.807, 2.05) is 24.3 Å². The molecule has 3 nitrogen and oxygen atoms in total. The Morgan fingerprint density at radius 3 is 2.17 bits per heavy atom. The molecule has 0 spiro atoms. The number of methoxy groups -OCH3 is 1. The molecule has 3 aliphatic carbocycles. The number of halogens is 2. The summed E-state index contributed by atoms with van der Waals surface area (Å²) in [6.07, 6.45) is 4.28. The molecule has 1 aromatic rings. The molecule has 1 N–H and O–H groups in total. The molecule has 5 atom stereocenters. The van der Waals surface area contributed by atoms with Gasteiger partial charge in [-0.2, -0.15) is 0 Å². The highest BCUT2D eigenvalue weighted by molar-refractivity contribution is 6.51. The second-order valence-electron chi connectivity index (χ2n) is 7.11. The van der Waals surface area contributed by atoms with Gasteiger partial charge in [0.1, 0.15) is 10.1 Å². The van der Waals surface area contributed by atoms with E-state index in [1.54, 1.807) is 7.11 Å². The highest BCUT2D eigenvalue weighted by Crippen LogP contribution is 2.67. The first kappa shape index (κ1) is 15.6. The largest absolute Gasteiger partial charge is 0.497 e. The first-order chi connectivity index (χ1) is 11.0. The van der Waals surface area contributed by atoms with Gasteiger partial charge in [-0.3, -0.25) is 4.79 Å². The SMILES string of the molecule is COc1ccc(NC(=O)C2[C@H]3CC[C@@H]4[C@@H](CC[C@@H]23)C4(Cl)Cl)cc1. The summed E-state index contributed by atoms with van der Waals surface area (Å²) in [5.74, 6) is 3.02. The van der Waals surface area contributed by atoms with Crippen LogP contribution in [0.2, 0.25) is 0 Å². The van der Waals surface area contributed by atoms with E-state index in [0.29, 0.717) is 23.7 Å². The van der Waals surface area contributed by atoms with E-state index >= 15 is 0 Å². The Labute approximate surface area is 146 Å². The lowest BCUT2D eigenvalue weighted by atomic mass is 10.0. The second kappa shape index (κ2) is 5.56. The standard InChI is InChI=1S/C18H21Cl2NO2/c1-23-11-4-2-10(3-5-11)21-17(22)16-12-6-8-14-15(18(14,19)20)9-7-13(12)16/h2-5,12-16H,6-9H2,1H3,(H,21,22)/t12-,13+,14-,15-,16?/m1/s1. The van der Waals surface area contributed by atoms with Crippen molar-refractivity contribution in [3.8, 4) is 5.75 Å². The number of nitrogens with one attached hydrogen (secondary N) is 1. The smallest absolute Gasteiger partial charge is 0.228 e. The Balaban J connectivity index is 1.36. The topological polar surface area (TPSA) is 38.3 Å². The molecule has 3 fully saturated rings. The first-order valence-electron chi connectivity index (χ1n) is 8.35. The molecule has 3 aliphatic rings. The van der Waals surface area contributed by atoms with Gasteiger partial charge in [0.2, 0.25) is 5.91 Å². The van der Waals surface area contributed by atoms with Gasteiger partial charge in [-0.25, -0.2) is 0 Å². The number of benzene rings is 1. The number of amides is 1. The van der Waals surface area contributed by atoms with Crippen LogP contribution in [-0.2, 0) is 4.79 Å². The van der Waals surface area contributed by atoms with Gasteiger partial charge in [0, 0.05) is 11.6 Å². The van der Waals surface area contributed by atoms with Gasteiger partial charge in [-0.15, -0.1) is 23.2 Å². The van der Waals surface area contributed by atoms with Crippen LogP contribution in [0.1, 0.15) is 25.7 Å². The molecule has 3 saturated carbocycles. The third-order valence-electron chi connectivity index (χ3n) is 5.98. The lowest BCUT2D eigenvalue weighted by Gasteiger charge is -2.06. The maximum absolute atomic E-state index is 12.5. The molecule has 0 radical (unpaired) electrons. The summed E-state index contributed by atoms with van der Waals surface area (Å²) in [7, 11) is 1.63. The van der Waals surface area contributed by atoms with Gasteiger partial charge in [-0.05, 0) is 73.6 Å². The summed E-state index contributed by atoms with van der Waals surface area (Å²) in [6.45, 7) is 0. The molecule has 1 unspecified atom stereocenters. The fourth-order valence-electron chi connectivity index (χ4n) is 4.51. The predicted octanol–water partition coefficient (Wildman–Crippen LogP) is 4.49. The van der Waals surface area contributed by atoms with Crippen LogP contribution in [0.3, 0.4) is 0 Å². The van der Waals surface area contributed by atoms with E-state index in [1.165, 1.54) is 0 Å². The number of ether oxygens (including phenoxy) is 1. The number of hydrogen-bond acceptors (Lipinski definition) is 2. The molecule has 1 amide bonds. The van der Waals surface area contributed by atoms with Crippen LogP contribution >= 0.6 is 23.2 Å². The number of alkyl halides is 2. The van der Waals surface area contributed by atoms with E-state index in [4.69, 9.17) is 27.9 Å². The quantitative estimate of drug-likeness (QED) is 0.813. The molecule has 1 aromatic carbocycles. The van der Waals surface area contributed by atoms with E-state index in [2.05, 4.69) is 5.32 Å². The monoisotopic (exact) mass is 353 g/mol. The molecule has 5 heteroatoms. The van der Waals surface area contributed by atoms with Crippen LogP contribution in [0, 0.1) is 29.6 Å². The predicted molar refractivity (Wildman–Crippen MR) is 92.0 cm³/mol. The Kier molecular flexibility index (Phi) is 3.77. The molecular weight excluding hydrogens is 333 g/mol. The van der Waals surface area contributed by atoms with Crippen molar-refractivity contribution in [1.29, 1.82) is 0 Å². The molecule has 0 aliphatic heterocycles. The molecule has 0 bridgehead atoms. The third-order valence-corrected chi connectivity index (χ3v) is 7.10. The Hall–Kier alpha value is -0.930. The van der Waals surface area contributed by atoms with E-state index in [0.717, 1.165) is 37.1 Å². The van der Waals surface area contributed by atoms with Crippen LogP contribution in [0.4, 0.5) is 5.69 Å². The molecule has 0 saturated heterocycles. The number of carbonyl (C=O) groups is 1. The first-order valence-corrected chi connectivity index (χ1v) is 9.10. The maximum atomic E-state index is 12.5. The fraction of sp³-hybridized carbons (Fsp3) is 0.611. The van der Waals surface area contributed by atoms with Gasteiger partial charge in [0.25, 0.3) is 0 Å². The van der Waals surface area contributed by atoms with Crippen molar-refractivity contribution in [3.05, 3.63) is 24.3 Å². The number of carbonyl (C=O) groups excluding carboxylic acids is 1. The number of anilines is 1. The molecule has 23 heavy (non-hydrogen) atoms. The normalized spacial score (nSPS) is 36.7. The van der Waals surface area contributed by atoms with Crippen molar-refractivity contribution in [3.63, 3.8) is 0 Å². The minimum absolute atomic E-state index is 0.156. The highest BCUT2D eigenvalue weighted by Gasteiger charge is 2.65. The van der Waals surface area contributed by atoms with Gasteiger partial charge in [0.15, 0.2) is 0 Å². The minimum Gasteiger partial charge on any atom is -0.497 e. The zero-order valence-corrected chi connectivity index (χ0v) is 14.6. The number of hydrogen-bond donors (Lipinski definition) is 1. The van der Waals surface area contributed by atoms with Crippen molar-refractivity contribution in [1.82, 2.24) is 0 Å². The van der Waals surface area contributed by atoms with Crippen LogP contribution in [0.5, 0.6) is 5.75 Å². The number of rotatable bonds is 3. The lowest BCUT2D eigenvalue weighted by Crippen LogP contribution is -2.15. The van der Waals surface area contributed by atoms with E-state index in [-0.39, 0.29) is 11.8 Å². The molecule has 124 valence electrons. The Bertz CT molecular complexity index is 594. The average Bonchev–Trinajstić information content (AvgIpc) is 3.33. The van der Waals surface area contributed by atoms with Gasteiger partial charge < -0.3 is 10.1 Å². The molecular formula is C18H21Cl2NO2. The van der Waals surface area contributed by atoms with Crippen molar-refractivity contribution >= 4 is 34.8 Å². The summed E-state index contributed by atoms with van der Waals surface area (Å²) in [5, 5.41) is 3.04. The Morgan fingerprint density at radius 2 is 1.65 bits per heavy atom. The maximum Gasteiger partial charge on any atom is 0.228 e. The van der Waals surface area contributed by atoms with Crippen molar-refractivity contribution < 1.29 is 9.53 Å². The summed E-state index contributed by atoms with van der Waals surface area (Å²) < 4.78 is 4.65. The fourth-order valence-corrected chi connectivity index (χ4v) is 5.43. The van der Waals surface area contributed by atoms with Crippen molar-refractivity contribution in [2.45, 2.75) is 30.0 Å². The zero-order chi connectivity index (χ0) is 16.2. The minimum atomic E-state index is -0.488. The Morgan fingerprint density at radius 1 is 1.09 bits per heavy atom. The summed E-state index contributed by atoms with van der Waals surface area (Å²) in [5.41, 5.74) is 0.832. The molecule has 0 aromatic heterocycles. The van der Waals surface area contributed by atoms with Crippen LogP contribution in [-0.4, -0.2) is 17.4 Å². The van der Waals surface area contributed by atoms with Crippen LogP contribution in [0.15, 0.2) is 24.3 Å². The summed E-state index contributed by atoms with van der Waals surface area (Å²) in [4.78, 5) is 12.5. The van der Waals surface area contributed by atoms with E-state index in [9.17, 15) is 4.79 Å². The lowest BCUT2D eigenvalue weighted by molar-refractivity contribution is -0.117. The molecule has 0 heterocycles. The van der Waals surface area contributed by atoms with Crippen molar-refractivity contribution in [2.75, 3.05) is 12.4 Å². The van der Waals surface area contributed by atoms with E-state index < -0.39 is 4.33 Å². The van der Waals surface area contributed by atoms with Gasteiger partial charge >= 0.3 is 0 Å². The van der Waals surface area contributed by atoms with Crippen molar-refractivity contribution in [2.24, 2.45) is 29.6 Å².